The number of Topliss-reactive ketones (excluding diaryl/α,β-unsaturated/α-hetero) is 1. The lowest BCUT2D eigenvalue weighted by molar-refractivity contribution is -0.140. The van der Waals surface area contributed by atoms with Crippen LogP contribution in [0.5, 0.6) is 0 Å². The summed E-state index contributed by atoms with van der Waals surface area (Å²) >= 11 is 1.68. The molecule has 0 amide bonds. The van der Waals surface area contributed by atoms with Gasteiger partial charge in [0.25, 0.3) is 0 Å². The summed E-state index contributed by atoms with van der Waals surface area (Å²) in [5, 5.41) is 21.5. The fourth-order valence-corrected chi connectivity index (χ4v) is 5.46. The second kappa shape index (κ2) is 12.1. The van der Waals surface area contributed by atoms with Gasteiger partial charge in [0.1, 0.15) is 5.78 Å². The van der Waals surface area contributed by atoms with Crippen molar-refractivity contribution in [3.05, 3.63) is 59.5 Å². The van der Waals surface area contributed by atoms with Crippen molar-refractivity contribution in [1.82, 2.24) is 0 Å². The summed E-state index contributed by atoms with van der Waals surface area (Å²) in [6.45, 7) is -0.0352. The Hall–Kier alpha value is -2.28. The number of esters is 1. The summed E-state index contributed by atoms with van der Waals surface area (Å²) in [7, 11) is 1.38. The summed E-state index contributed by atoms with van der Waals surface area (Å²) < 4.78 is 5.84. The van der Waals surface area contributed by atoms with Crippen molar-refractivity contribution in [3.63, 3.8) is 0 Å². The SMILES string of the molecule is COC(=O)CCC/C=C\C[C@H]1C(=O)C[C@@H](CO)C1/C=C/C(O)Cc1cc2ccccc2s1. The molecule has 5 nitrogen and oxygen atoms in total. The Morgan fingerprint density at radius 1 is 1.31 bits per heavy atom. The van der Waals surface area contributed by atoms with Crippen LogP contribution in [-0.4, -0.2) is 41.8 Å². The van der Waals surface area contributed by atoms with Crippen molar-refractivity contribution in [2.24, 2.45) is 17.8 Å². The zero-order chi connectivity index (χ0) is 22.9. The summed E-state index contributed by atoms with van der Waals surface area (Å²) in [5.41, 5.74) is 0. The first-order valence-corrected chi connectivity index (χ1v) is 12.0. The van der Waals surface area contributed by atoms with Crippen LogP contribution in [0.15, 0.2) is 54.6 Å². The van der Waals surface area contributed by atoms with Crippen LogP contribution in [0.2, 0.25) is 0 Å². The maximum Gasteiger partial charge on any atom is 0.305 e. The number of fused-ring (bicyclic) bond motifs is 1. The molecule has 4 atom stereocenters. The predicted molar refractivity (Wildman–Crippen MR) is 127 cm³/mol. The molecule has 0 spiro atoms. The number of methoxy groups -OCH3 is 1. The summed E-state index contributed by atoms with van der Waals surface area (Å²) in [5.74, 6) is -0.416. The molecule has 2 N–H and O–H groups in total. The number of aliphatic hydroxyl groups excluding tert-OH is 2. The van der Waals surface area contributed by atoms with E-state index in [1.165, 1.54) is 17.2 Å². The van der Waals surface area contributed by atoms with E-state index in [9.17, 15) is 19.8 Å². The Morgan fingerprint density at radius 2 is 2.12 bits per heavy atom. The molecule has 172 valence electrons. The van der Waals surface area contributed by atoms with Gasteiger partial charge in [0.2, 0.25) is 0 Å². The molecule has 0 aliphatic heterocycles. The third kappa shape index (κ3) is 6.61. The molecule has 1 saturated carbocycles. The quantitative estimate of drug-likeness (QED) is 0.296. The monoisotopic (exact) mass is 456 g/mol. The first-order chi connectivity index (χ1) is 15.5. The lowest BCUT2D eigenvalue weighted by atomic mass is 9.86. The van der Waals surface area contributed by atoms with Gasteiger partial charge in [-0.1, -0.05) is 42.5 Å². The van der Waals surface area contributed by atoms with Gasteiger partial charge in [-0.15, -0.1) is 11.3 Å². The van der Waals surface area contributed by atoms with Crippen molar-refractivity contribution in [1.29, 1.82) is 0 Å². The maximum absolute atomic E-state index is 12.5. The second-order valence-electron chi connectivity index (χ2n) is 8.38. The number of unbranched alkanes of at least 4 members (excludes halogenated alkanes) is 1. The minimum Gasteiger partial charge on any atom is -0.469 e. The average Bonchev–Trinajstić information content (AvgIpc) is 3.33. The lowest BCUT2D eigenvalue weighted by Gasteiger charge is -2.18. The zero-order valence-corrected chi connectivity index (χ0v) is 19.3. The second-order valence-corrected chi connectivity index (χ2v) is 9.55. The summed E-state index contributed by atoms with van der Waals surface area (Å²) in [6, 6.07) is 10.3. The number of aliphatic hydroxyl groups is 2. The van der Waals surface area contributed by atoms with Crippen LogP contribution in [0.25, 0.3) is 10.1 Å². The number of hydrogen-bond acceptors (Lipinski definition) is 6. The lowest BCUT2D eigenvalue weighted by Crippen LogP contribution is -2.18. The third-order valence-electron chi connectivity index (χ3n) is 6.10. The van der Waals surface area contributed by atoms with Crippen LogP contribution in [0.3, 0.4) is 0 Å². The van der Waals surface area contributed by atoms with E-state index in [1.54, 1.807) is 17.4 Å². The average molecular weight is 457 g/mol. The molecule has 1 aliphatic carbocycles. The van der Waals surface area contributed by atoms with Crippen molar-refractivity contribution in [2.75, 3.05) is 13.7 Å². The highest BCUT2D eigenvalue weighted by Gasteiger charge is 2.39. The Kier molecular flexibility index (Phi) is 9.21. The van der Waals surface area contributed by atoms with Crippen LogP contribution in [0.1, 0.15) is 37.0 Å². The van der Waals surface area contributed by atoms with Gasteiger partial charge in [-0.3, -0.25) is 9.59 Å². The molecule has 6 heteroatoms. The zero-order valence-electron chi connectivity index (χ0n) is 18.5. The molecule has 1 heterocycles. The maximum atomic E-state index is 12.5. The van der Waals surface area contributed by atoms with Gasteiger partial charge in [-0.2, -0.15) is 0 Å². The van der Waals surface area contributed by atoms with Crippen LogP contribution < -0.4 is 0 Å². The predicted octanol–water partition coefficient (Wildman–Crippen LogP) is 4.46. The minimum atomic E-state index is -0.632. The van der Waals surface area contributed by atoms with Crippen molar-refractivity contribution in [3.8, 4) is 0 Å². The van der Waals surface area contributed by atoms with Gasteiger partial charge in [-0.05, 0) is 48.6 Å². The largest absolute Gasteiger partial charge is 0.469 e. The van der Waals surface area contributed by atoms with Crippen molar-refractivity contribution >= 4 is 33.2 Å². The van der Waals surface area contributed by atoms with Crippen LogP contribution in [0.4, 0.5) is 0 Å². The Labute approximate surface area is 193 Å². The molecule has 0 saturated heterocycles. The van der Waals surface area contributed by atoms with E-state index < -0.39 is 6.10 Å². The van der Waals surface area contributed by atoms with Gasteiger partial charge in [0.05, 0.1) is 13.2 Å². The molecule has 1 aromatic carbocycles. The van der Waals surface area contributed by atoms with E-state index in [0.29, 0.717) is 32.1 Å². The number of carbonyl (C=O) groups is 2. The molecule has 0 radical (unpaired) electrons. The standard InChI is InChI=1S/C26H32O5S/c1-31-26(30)11-5-3-2-4-9-23-22(19(17-27)15-24(23)29)13-12-20(28)16-21-14-18-8-6-7-10-25(18)32-21/h2,4,6-8,10,12-14,19-20,22-23,27-28H,3,5,9,11,15-17H2,1H3/b4-2-,13-12+/t19-,20?,22?,23+/m0/s1. The van der Waals surface area contributed by atoms with Crippen LogP contribution in [-0.2, 0) is 20.7 Å². The van der Waals surface area contributed by atoms with Crippen LogP contribution in [0, 0.1) is 17.8 Å². The van der Waals surface area contributed by atoms with Crippen molar-refractivity contribution in [2.45, 2.75) is 44.6 Å². The first-order valence-electron chi connectivity index (χ1n) is 11.2. The smallest absolute Gasteiger partial charge is 0.305 e. The van der Waals surface area contributed by atoms with E-state index in [-0.39, 0.29) is 36.1 Å². The number of rotatable bonds is 11. The Balaban J connectivity index is 1.56. The number of thiophene rings is 1. The molecule has 1 aromatic heterocycles. The van der Waals surface area contributed by atoms with Crippen molar-refractivity contribution < 1.29 is 24.5 Å². The number of hydrogen-bond donors (Lipinski definition) is 2. The fraction of sp³-hybridized carbons (Fsp3) is 0.462. The number of benzene rings is 1. The summed E-state index contributed by atoms with van der Waals surface area (Å²) in [4.78, 5) is 24.8. The Morgan fingerprint density at radius 3 is 2.88 bits per heavy atom. The van der Waals surface area contributed by atoms with Gasteiger partial charge < -0.3 is 14.9 Å². The summed E-state index contributed by atoms with van der Waals surface area (Å²) in [6.07, 6.45) is 10.4. The molecule has 2 aromatic rings. The molecule has 32 heavy (non-hydrogen) atoms. The van der Waals surface area contributed by atoms with Gasteiger partial charge in [0.15, 0.2) is 0 Å². The highest BCUT2D eigenvalue weighted by atomic mass is 32.1. The number of ketones is 1. The minimum absolute atomic E-state index is 0.0352. The van der Waals surface area contributed by atoms with E-state index >= 15 is 0 Å². The number of carbonyl (C=O) groups excluding carboxylic acids is 2. The third-order valence-corrected chi connectivity index (χ3v) is 7.24. The van der Waals surface area contributed by atoms with Gasteiger partial charge >= 0.3 is 5.97 Å². The van der Waals surface area contributed by atoms with E-state index in [0.717, 1.165) is 11.3 Å². The van der Waals surface area contributed by atoms with Gasteiger partial charge in [0, 0.05) is 41.4 Å². The van der Waals surface area contributed by atoms with E-state index in [4.69, 9.17) is 0 Å². The highest BCUT2D eigenvalue weighted by Crippen LogP contribution is 2.38. The van der Waals surface area contributed by atoms with Crippen LogP contribution >= 0.6 is 11.3 Å². The van der Waals surface area contributed by atoms with E-state index in [2.05, 4.69) is 22.9 Å². The molecule has 3 rings (SSSR count). The normalized spacial score (nSPS) is 22.3. The van der Waals surface area contributed by atoms with E-state index in [1.807, 2.05) is 30.4 Å². The number of allylic oxidation sites excluding steroid dienone is 3. The highest BCUT2D eigenvalue weighted by molar-refractivity contribution is 7.19. The molecule has 0 bridgehead atoms. The molecular formula is C26H32O5S. The topological polar surface area (TPSA) is 83.8 Å². The first kappa shape index (κ1) is 24.4. The molecular weight excluding hydrogens is 424 g/mol. The number of ether oxygens (including phenoxy) is 1. The molecule has 2 unspecified atom stereocenters. The molecule has 1 aliphatic rings. The Bertz CT molecular complexity index is 927. The van der Waals surface area contributed by atoms with Gasteiger partial charge in [-0.25, -0.2) is 0 Å². The fourth-order valence-electron chi connectivity index (χ4n) is 4.35. The molecule has 1 fully saturated rings.